The number of rotatable bonds is 4. The molecule has 2 unspecified atom stereocenters. The molecule has 0 aromatic carbocycles. The molecule has 0 bridgehead atoms. The van der Waals surface area contributed by atoms with Gasteiger partial charge < -0.3 is 11.5 Å². The topological polar surface area (TPSA) is 72.4 Å². The zero-order valence-corrected chi connectivity index (χ0v) is 8.48. The molecule has 1 saturated heterocycles. The summed E-state index contributed by atoms with van der Waals surface area (Å²) < 4.78 is 0. The van der Waals surface area contributed by atoms with Crippen LogP contribution in [0.4, 0.5) is 0 Å². The van der Waals surface area contributed by atoms with Crippen LogP contribution in [0.5, 0.6) is 0 Å². The molecule has 0 radical (unpaired) electrons. The quantitative estimate of drug-likeness (QED) is 0.648. The summed E-state index contributed by atoms with van der Waals surface area (Å²) in [6, 6.07) is 0.671. The maximum atomic E-state index is 10.9. The molecular formula is C10H19N3O. The molecular weight excluding hydrogens is 178 g/mol. The molecule has 1 aliphatic heterocycles. The molecule has 0 aromatic heterocycles. The summed E-state index contributed by atoms with van der Waals surface area (Å²) in [6.45, 7) is 1.98. The molecule has 4 N–H and O–H groups in total. The first-order valence-corrected chi connectivity index (χ1v) is 5.44. The van der Waals surface area contributed by atoms with E-state index in [1.807, 2.05) is 0 Å². The van der Waals surface area contributed by atoms with Crippen molar-refractivity contribution in [2.45, 2.75) is 37.8 Å². The molecule has 14 heavy (non-hydrogen) atoms. The van der Waals surface area contributed by atoms with Crippen LogP contribution in [0.15, 0.2) is 0 Å². The SMILES string of the molecule is NC(=O)CC(C1CC1)N1CCC(N)C1. The fourth-order valence-electron chi connectivity index (χ4n) is 2.40. The maximum Gasteiger partial charge on any atom is 0.219 e. The van der Waals surface area contributed by atoms with Crippen LogP contribution in [0.2, 0.25) is 0 Å². The molecule has 4 heteroatoms. The predicted octanol–water partition coefficient (Wildman–Crippen LogP) is -0.327. The van der Waals surface area contributed by atoms with Crippen LogP contribution in [0.1, 0.15) is 25.7 Å². The fourth-order valence-corrected chi connectivity index (χ4v) is 2.40. The third-order valence-electron chi connectivity index (χ3n) is 3.30. The second-order valence-corrected chi connectivity index (χ2v) is 4.62. The molecule has 1 amide bonds. The van der Waals surface area contributed by atoms with Crippen LogP contribution >= 0.6 is 0 Å². The summed E-state index contributed by atoms with van der Waals surface area (Å²) in [5, 5.41) is 0. The first-order valence-electron chi connectivity index (χ1n) is 5.44. The lowest BCUT2D eigenvalue weighted by molar-refractivity contribution is -0.119. The Labute approximate surface area is 84.6 Å². The lowest BCUT2D eigenvalue weighted by Crippen LogP contribution is -2.39. The summed E-state index contributed by atoms with van der Waals surface area (Å²) >= 11 is 0. The predicted molar refractivity (Wildman–Crippen MR) is 54.5 cm³/mol. The molecule has 2 aliphatic rings. The number of carbonyl (C=O) groups excluding carboxylic acids is 1. The van der Waals surface area contributed by atoms with E-state index in [0.29, 0.717) is 24.4 Å². The fraction of sp³-hybridized carbons (Fsp3) is 0.900. The van der Waals surface area contributed by atoms with Gasteiger partial charge in [-0.05, 0) is 25.2 Å². The van der Waals surface area contributed by atoms with Gasteiger partial charge in [0.25, 0.3) is 0 Å². The van der Waals surface area contributed by atoms with Crippen molar-refractivity contribution in [2.75, 3.05) is 13.1 Å². The van der Waals surface area contributed by atoms with Gasteiger partial charge in [-0.3, -0.25) is 9.69 Å². The minimum atomic E-state index is -0.178. The van der Waals surface area contributed by atoms with Crippen molar-refractivity contribution in [3.05, 3.63) is 0 Å². The Hall–Kier alpha value is -0.610. The Kier molecular flexibility index (Phi) is 2.74. The highest BCUT2D eigenvalue weighted by Crippen LogP contribution is 2.37. The van der Waals surface area contributed by atoms with E-state index >= 15 is 0 Å². The molecule has 0 aromatic rings. The molecule has 4 nitrogen and oxygen atoms in total. The van der Waals surface area contributed by atoms with Gasteiger partial charge in [0.2, 0.25) is 5.91 Å². The molecule has 80 valence electrons. The molecule has 1 saturated carbocycles. The lowest BCUT2D eigenvalue weighted by Gasteiger charge is -2.26. The van der Waals surface area contributed by atoms with Crippen LogP contribution in [0, 0.1) is 5.92 Å². The van der Waals surface area contributed by atoms with Gasteiger partial charge in [0, 0.05) is 31.6 Å². The second kappa shape index (κ2) is 3.87. The first-order chi connectivity index (χ1) is 6.66. The molecule has 2 atom stereocenters. The van der Waals surface area contributed by atoms with E-state index < -0.39 is 0 Å². The third kappa shape index (κ3) is 2.25. The molecule has 1 aliphatic carbocycles. The van der Waals surface area contributed by atoms with E-state index in [1.54, 1.807) is 0 Å². The van der Waals surface area contributed by atoms with Crippen LogP contribution in [0.25, 0.3) is 0 Å². The number of primary amides is 1. The normalized spacial score (nSPS) is 30.5. The van der Waals surface area contributed by atoms with E-state index in [-0.39, 0.29) is 5.91 Å². The average molecular weight is 197 g/mol. The van der Waals surface area contributed by atoms with Gasteiger partial charge in [0.15, 0.2) is 0 Å². The minimum Gasteiger partial charge on any atom is -0.370 e. The second-order valence-electron chi connectivity index (χ2n) is 4.62. The van der Waals surface area contributed by atoms with Crippen molar-refractivity contribution in [1.82, 2.24) is 4.90 Å². The Morgan fingerprint density at radius 1 is 1.43 bits per heavy atom. The summed E-state index contributed by atoms with van der Waals surface area (Å²) in [5.74, 6) is 0.523. The average Bonchev–Trinajstić information content (AvgIpc) is 2.85. The number of nitrogens with two attached hydrogens (primary N) is 2. The summed E-state index contributed by atoms with van der Waals surface area (Å²) in [4.78, 5) is 13.3. The number of likely N-dealkylation sites (tertiary alicyclic amines) is 1. The van der Waals surface area contributed by atoms with E-state index in [2.05, 4.69) is 4.90 Å². The van der Waals surface area contributed by atoms with E-state index in [9.17, 15) is 4.79 Å². The number of hydrogen-bond donors (Lipinski definition) is 2. The Morgan fingerprint density at radius 3 is 2.57 bits per heavy atom. The van der Waals surface area contributed by atoms with Crippen molar-refractivity contribution >= 4 is 5.91 Å². The largest absolute Gasteiger partial charge is 0.370 e. The van der Waals surface area contributed by atoms with Gasteiger partial charge in [-0.25, -0.2) is 0 Å². The third-order valence-corrected chi connectivity index (χ3v) is 3.30. The van der Waals surface area contributed by atoms with E-state index in [1.165, 1.54) is 12.8 Å². The Balaban J connectivity index is 1.92. The van der Waals surface area contributed by atoms with Gasteiger partial charge in [-0.15, -0.1) is 0 Å². The van der Waals surface area contributed by atoms with Crippen LogP contribution in [0.3, 0.4) is 0 Å². The summed E-state index contributed by atoms with van der Waals surface area (Å²) in [5.41, 5.74) is 11.1. The molecule has 1 heterocycles. The van der Waals surface area contributed by atoms with E-state index in [0.717, 1.165) is 19.5 Å². The standard InChI is InChI=1S/C10H19N3O/c11-8-3-4-13(6-8)9(5-10(12)14)7-1-2-7/h7-9H,1-6,11H2,(H2,12,14). The van der Waals surface area contributed by atoms with Crippen molar-refractivity contribution in [3.63, 3.8) is 0 Å². The molecule has 2 fully saturated rings. The Morgan fingerprint density at radius 2 is 2.14 bits per heavy atom. The summed E-state index contributed by atoms with van der Waals surface area (Å²) in [6.07, 6.45) is 4.08. The van der Waals surface area contributed by atoms with Crippen LogP contribution < -0.4 is 11.5 Å². The monoisotopic (exact) mass is 197 g/mol. The van der Waals surface area contributed by atoms with E-state index in [4.69, 9.17) is 11.5 Å². The van der Waals surface area contributed by atoms with Crippen molar-refractivity contribution in [1.29, 1.82) is 0 Å². The van der Waals surface area contributed by atoms with Gasteiger partial charge in [-0.2, -0.15) is 0 Å². The zero-order chi connectivity index (χ0) is 10.1. The number of carbonyl (C=O) groups is 1. The highest BCUT2D eigenvalue weighted by molar-refractivity contribution is 5.74. The number of amides is 1. The molecule has 2 rings (SSSR count). The zero-order valence-electron chi connectivity index (χ0n) is 8.48. The molecule has 0 spiro atoms. The van der Waals surface area contributed by atoms with Crippen molar-refractivity contribution in [2.24, 2.45) is 17.4 Å². The van der Waals surface area contributed by atoms with Crippen LogP contribution in [-0.2, 0) is 4.79 Å². The highest BCUT2D eigenvalue weighted by Gasteiger charge is 2.38. The first kappa shape index (κ1) is 9.93. The summed E-state index contributed by atoms with van der Waals surface area (Å²) in [7, 11) is 0. The lowest BCUT2D eigenvalue weighted by atomic mass is 10.1. The minimum absolute atomic E-state index is 0.178. The van der Waals surface area contributed by atoms with Crippen LogP contribution in [-0.4, -0.2) is 36.0 Å². The van der Waals surface area contributed by atoms with Gasteiger partial charge in [0.05, 0.1) is 0 Å². The smallest absolute Gasteiger partial charge is 0.219 e. The highest BCUT2D eigenvalue weighted by atomic mass is 16.1. The maximum absolute atomic E-state index is 10.9. The Bertz CT molecular complexity index is 227. The van der Waals surface area contributed by atoms with Gasteiger partial charge in [-0.1, -0.05) is 0 Å². The number of nitrogens with zero attached hydrogens (tertiary/aromatic N) is 1. The van der Waals surface area contributed by atoms with Crippen molar-refractivity contribution < 1.29 is 4.79 Å². The van der Waals surface area contributed by atoms with Gasteiger partial charge >= 0.3 is 0 Å². The van der Waals surface area contributed by atoms with Crippen molar-refractivity contribution in [3.8, 4) is 0 Å². The van der Waals surface area contributed by atoms with Gasteiger partial charge in [0.1, 0.15) is 0 Å². The number of hydrogen-bond acceptors (Lipinski definition) is 3.